The van der Waals surface area contributed by atoms with Crippen LogP contribution in [0.25, 0.3) is 5.57 Å². The van der Waals surface area contributed by atoms with Crippen LogP contribution < -0.4 is 10.6 Å². The van der Waals surface area contributed by atoms with Crippen LogP contribution in [0.1, 0.15) is 63.5 Å². The molecule has 4 heterocycles. The molecule has 0 aromatic heterocycles. The summed E-state index contributed by atoms with van der Waals surface area (Å²) < 4.78 is 0. The Balaban J connectivity index is 1.26. The number of carbonyl (C=O) groups excluding carboxylic acids is 3. The lowest BCUT2D eigenvalue weighted by molar-refractivity contribution is -0.130. The predicted octanol–water partition coefficient (Wildman–Crippen LogP) is 3.29. The number of fused-ring (bicyclic) bond motifs is 1. The molecule has 4 aliphatic heterocycles. The number of benzene rings is 1. The average molecular weight is 477 g/mol. The molecule has 0 spiro atoms. The molecule has 186 valence electrons. The monoisotopic (exact) mass is 476 g/mol. The number of hydrogen-bond donors (Lipinski definition) is 2. The van der Waals surface area contributed by atoms with Crippen molar-refractivity contribution >= 4 is 29.4 Å². The Morgan fingerprint density at radius 3 is 2.43 bits per heavy atom. The van der Waals surface area contributed by atoms with E-state index in [4.69, 9.17) is 0 Å². The molecule has 5 rings (SSSR count). The van der Waals surface area contributed by atoms with Crippen LogP contribution in [0.3, 0.4) is 0 Å². The van der Waals surface area contributed by atoms with Gasteiger partial charge in [-0.05, 0) is 75.4 Å². The van der Waals surface area contributed by atoms with Gasteiger partial charge in [-0.1, -0.05) is 13.0 Å². The van der Waals surface area contributed by atoms with E-state index in [0.29, 0.717) is 17.5 Å². The zero-order chi connectivity index (χ0) is 24.7. The quantitative estimate of drug-likeness (QED) is 0.515. The second-order valence-corrected chi connectivity index (χ2v) is 10.5. The van der Waals surface area contributed by atoms with Crippen molar-refractivity contribution in [2.45, 2.75) is 64.5 Å². The number of hydrogen-bond acceptors (Lipinski definition) is 5. The Labute approximate surface area is 207 Å². The van der Waals surface area contributed by atoms with Crippen LogP contribution in [0.2, 0.25) is 0 Å². The number of carbonyl (C=O) groups is 3. The zero-order valence-electron chi connectivity index (χ0n) is 21.0. The number of anilines is 1. The van der Waals surface area contributed by atoms with Gasteiger partial charge >= 0.3 is 0 Å². The molecule has 1 aromatic carbocycles. The molecule has 1 aromatic rings. The van der Waals surface area contributed by atoms with E-state index in [9.17, 15) is 14.4 Å². The molecule has 7 heteroatoms. The third kappa shape index (κ3) is 4.54. The van der Waals surface area contributed by atoms with Crippen molar-refractivity contribution in [3.8, 4) is 0 Å². The maximum absolute atomic E-state index is 12.8. The summed E-state index contributed by atoms with van der Waals surface area (Å²) in [4.78, 5) is 40.5. The molecule has 2 atom stereocenters. The summed E-state index contributed by atoms with van der Waals surface area (Å²) in [7, 11) is 0. The first-order chi connectivity index (χ1) is 16.9. The first kappa shape index (κ1) is 23.8. The van der Waals surface area contributed by atoms with Gasteiger partial charge in [-0.3, -0.25) is 14.4 Å². The number of allylic oxidation sites excluding steroid dienone is 1. The lowest BCUT2D eigenvalue weighted by Crippen LogP contribution is -2.48. The predicted molar refractivity (Wildman–Crippen MR) is 137 cm³/mol. The topological polar surface area (TPSA) is 81.8 Å². The first-order valence-electron chi connectivity index (χ1n) is 12.9. The highest BCUT2D eigenvalue weighted by molar-refractivity contribution is 6.31. The second kappa shape index (κ2) is 9.61. The summed E-state index contributed by atoms with van der Waals surface area (Å²) >= 11 is 0. The third-order valence-corrected chi connectivity index (χ3v) is 8.57. The molecule has 4 aliphatic rings. The summed E-state index contributed by atoms with van der Waals surface area (Å²) in [6.45, 7) is 9.51. The van der Waals surface area contributed by atoms with Crippen LogP contribution in [-0.4, -0.2) is 66.2 Å². The minimum atomic E-state index is -0.0740. The Hall–Kier alpha value is -2.93. The van der Waals surface area contributed by atoms with E-state index in [1.54, 1.807) is 6.92 Å². The fourth-order valence-electron chi connectivity index (χ4n) is 6.32. The standard InChI is InChI=1S/C28H36N4O3/c1-17-25(16-33)18(2)29-27(17)15-24-23-14-21(4-5-26(23)30-28(24)35)20-6-10-32(11-7-20)22-8-12-31(13-9-22)19(3)34/h4-5,14-17,20,22,27,29H,6-13H2,1-3H3,(H,30,35)/b24-15-. The number of likely N-dealkylation sites (tertiary alicyclic amines) is 2. The number of nitrogens with one attached hydrogen (secondary N) is 2. The van der Waals surface area contributed by atoms with E-state index in [0.717, 1.165) is 80.7 Å². The second-order valence-electron chi connectivity index (χ2n) is 10.5. The van der Waals surface area contributed by atoms with Crippen molar-refractivity contribution in [2.75, 3.05) is 31.5 Å². The van der Waals surface area contributed by atoms with Gasteiger partial charge in [0, 0.05) is 60.1 Å². The summed E-state index contributed by atoms with van der Waals surface area (Å²) in [6.07, 6.45) is 7.27. The van der Waals surface area contributed by atoms with Crippen LogP contribution in [-0.2, 0) is 14.4 Å². The molecule has 2 unspecified atom stereocenters. The Morgan fingerprint density at radius 1 is 1.09 bits per heavy atom. The number of aldehydes is 1. The third-order valence-electron chi connectivity index (χ3n) is 8.57. The van der Waals surface area contributed by atoms with Crippen LogP contribution in [0.4, 0.5) is 5.69 Å². The maximum atomic E-state index is 12.8. The van der Waals surface area contributed by atoms with E-state index in [2.05, 4.69) is 27.7 Å². The average Bonchev–Trinajstić information content (AvgIpc) is 3.32. The highest BCUT2D eigenvalue weighted by Crippen LogP contribution is 2.38. The molecule has 7 nitrogen and oxygen atoms in total. The maximum Gasteiger partial charge on any atom is 0.256 e. The summed E-state index contributed by atoms with van der Waals surface area (Å²) in [5, 5.41) is 6.38. The largest absolute Gasteiger partial charge is 0.381 e. The van der Waals surface area contributed by atoms with Crippen LogP contribution >= 0.6 is 0 Å². The molecule has 2 saturated heterocycles. The molecule has 2 amide bonds. The SMILES string of the molecule is CC(=O)N1CCC(N2CCC(c3ccc4c(c3)/C(=C/C3NC(C)=C(C=O)C3C)C(=O)N4)CC2)CC1. The van der Waals surface area contributed by atoms with Crippen molar-refractivity contribution in [1.29, 1.82) is 0 Å². The Bertz CT molecular complexity index is 1090. The van der Waals surface area contributed by atoms with Gasteiger partial charge in [-0.2, -0.15) is 0 Å². The van der Waals surface area contributed by atoms with E-state index in [1.165, 1.54) is 5.56 Å². The van der Waals surface area contributed by atoms with Gasteiger partial charge in [-0.15, -0.1) is 0 Å². The lowest BCUT2D eigenvalue weighted by atomic mass is 9.86. The molecular formula is C28H36N4O3. The number of amides is 2. The number of piperidine rings is 2. The van der Waals surface area contributed by atoms with E-state index in [-0.39, 0.29) is 23.8 Å². The van der Waals surface area contributed by atoms with Crippen LogP contribution in [0, 0.1) is 5.92 Å². The van der Waals surface area contributed by atoms with Gasteiger partial charge < -0.3 is 20.4 Å². The summed E-state index contributed by atoms with van der Waals surface area (Å²) in [5.74, 6) is 0.635. The van der Waals surface area contributed by atoms with E-state index in [1.807, 2.05) is 30.9 Å². The van der Waals surface area contributed by atoms with E-state index >= 15 is 0 Å². The minimum absolute atomic E-state index is 0.0340. The van der Waals surface area contributed by atoms with Crippen LogP contribution in [0.5, 0.6) is 0 Å². The molecule has 0 saturated carbocycles. The lowest BCUT2D eigenvalue weighted by Gasteiger charge is -2.41. The van der Waals surface area contributed by atoms with Crippen molar-refractivity contribution in [1.82, 2.24) is 15.1 Å². The molecule has 0 bridgehead atoms. The molecular weight excluding hydrogens is 440 g/mol. The van der Waals surface area contributed by atoms with Crippen molar-refractivity contribution in [2.24, 2.45) is 5.92 Å². The molecule has 2 fully saturated rings. The van der Waals surface area contributed by atoms with Gasteiger partial charge in [-0.25, -0.2) is 0 Å². The fraction of sp³-hybridized carbons (Fsp3) is 0.536. The number of rotatable bonds is 4. The normalized spacial score (nSPS) is 27.2. The van der Waals surface area contributed by atoms with Gasteiger partial charge in [0.1, 0.15) is 6.29 Å². The zero-order valence-corrected chi connectivity index (χ0v) is 21.0. The van der Waals surface area contributed by atoms with E-state index < -0.39 is 0 Å². The van der Waals surface area contributed by atoms with Crippen molar-refractivity contribution in [3.63, 3.8) is 0 Å². The van der Waals surface area contributed by atoms with Crippen molar-refractivity contribution in [3.05, 3.63) is 46.7 Å². The minimum Gasteiger partial charge on any atom is -0.381 e. The first-order valence-corrected chi connectivity index (χ1v) is 12.9. The Morgan fingerprint density at radius 2 is 1.80 bits per heavy atom. The summed E-state index contributed by atoms with van der Waals surface area (Å²) in [6, 6.07) is 6.92. The molecule has 35 heavy (non-hydrogen) atoms. The molecule has 0 aliphatic carbocycles. The van der Waals surface area contributed by atoms with Gasteiger partial charge in [0.05, 0.1) is 6.04 Å². The smallest absolute Gasteiger partial charge is 0.256 e. The Kier molecular flexibility index (Phi) is 6.53. The van der Waals surface area contributed by atoms with Crippen LogP contribution in [0.15, 0.2) is 35.5 Å². The van der Waals surface area contributed by atoms with Gasteiger partial charge in [0.2, 0.25) is 5.91 Å². The summed E-state index contributed by atoms with van der Waals surface area (Å²) in [5.41, 5.74) is 5.50. The molecule has 2 N–H and O–H groups in total. The fourth-order valence-corrected chi connectivity index (χ4v) is 6.32. The van der Waals surface area contributed by atoms with Crippen molar-refractivity contribution < 1.29 is 14.4 Å². The highest BCUT2D eigenvalue weighted by Gasteiger charge is 2.33. The van der Waals surface area contributed by atoms with Gasteiger partial charge in [0.25, 0.3) is 5.91 Å². The molecule has 0 radical (unpaired) electrons. The number of nitrogens with zero attached hydrogens (tertiary/aromatic N) is 2. The van der Waals surface area contributed by atoms with Gasteiger partial charge in [0.15, 0.2) is 0 Å². The highest BCUT2D eigenvalue weighted by atomic mass is 16.2.